The molecule has 0 saturated carbocycles. The van der Waals surface area contributed by atoms with E-state index in [4.69, 9.17) is 9.84 Å². The topological polar surface area (TPSA) is 130 Å². The van der Waals surface area contributed by atoms with Crippen molar-refractivity contribution in [2.45, 2.75) is 30.1 Å². The lowest BCUT2D eigenvalue weighted by molar-refractivity contribution is -0.148. The number of aliphatic carboxylic acids is 1. The summed E-state index contributed by atoms with van der Waals surface area (Å²) >= 11 is 0. The minimum atomic E-state index is -3.36. The number of carboxylic acids is 1. The Labute approximate surface area is 162 Å². The number of hydrogen-bond donors (Lipinski definition) is 3. The molecule has 1 amide bonds. The van der Waals surface area contributed by atoms with Crippen molar-refractivity contribution in [3.63, 3.8) is 0 Å². The van der Waals surface area contributed by atoms with E-state index in [2.05, 4.69) is 5.32 Å². The van der Waals surface area contributed by atoms with Gasteiger partial charge in [0.05, 0.1) is 10.9 Å². The van der Waals surface area contributed by atoms with Crippen molar-refractivity contribution in [1.82, 2.24) is 5.32 Å². The first-order valence-corrected chi connectivity index (χ1v) is 10.2. The van der Waals surface area contributed by atoms with E-state index in [1.807, 2.05) is 6.07 Å². The number of rotatable bonds is 8. The van der Waals surface area contributed by atoms with E-state index in [9.17, 15) is 23.1 Å². The minimum absolute atomic E-state index is 0.00832. The fraction of sp³-hybridized carbons (Fsp3) is 0.263. The van der Waals surface area contributed by atoms with Gasteiger partial charge in [-0.2, -0.15) is 0 Å². The number of carboxylic acid groups (broad SMARTS) is 1. The Balaban J connectivity index is 2.05. The average Bonchev–Trinajstić information content (AvgIpc) is 2.65. The van der Waals surface area contributed by atoms with Crippen LogP contribution in [0.4, 0.5) is 4.79 Å². The number of aliphatic hydroxyl groups is 1. The first kappa shape index (κ1) is 21.4. The number of benzene rings is 2. The van der Waals surface area contributed by atoms with Crippen molar-refractivity contribution in [2.75, 3.05) is 6.26 Å². The van der Waals surface area contributed by atoms with Gasteiger partial charge in [0.1, 0.15) is 6.61 Å². The second-order valence-electron chi connectivity index (χ2n) is 6.22. The third kappa shape index (κ3) is 6.36. The smallest absolute Gasteiger partial charge is 0.407 e. The Hall–Kier alpha value is -2.91. The molecule has 0 bridgehead atoms. The third-order valence-electron chi connectivity index (χ3n) is 3.96. The highest BCUT2D eigenvalue weighted by atomic mass is 32.2. The maximum Gasteiger partial charge on any atom is 0.407 e. The van der Waals surface area contributed by atoms with Gasteiger partial charge in [0, 0.05) is 6.26 Å². The third-order valence-corrected chi connectivity index (χ3v) is 5.09. The van der Waals surface area contributed by atoms with Crippen LogP contribution in [0.2, 0.25) is 0 Å². The largest absolute Gasteiger partial charge is 0.479 e. The normalized spacial score (nSPS) is 13.4. The summed E-state index contributed by atoms with van der Waals surface area (Å²) < 4.78 is 28.1. The molecule has 9 heteroatoms. The predicted molar refractivity (Wildman–Crippen MR) is 100 cm³/mol. The van der Waals surface area contributed by atoms with Crippen LogP contribution in [0.1, 0.15) is 11.1 Å². The number of carbonyl (C=O) groups excluding carboxylic acids is 1. The molecule has 2 aromatic carbocycles. The Morgan fingerprint density at radius 1 is 1.04 bits per heavy atom. The number of aliphatic hydroxyl groups excluding tert-OH is 1. The van der Waals surface area contributed by atoms with Gasteiger partial charge >= 0.3 is 12.1 Å². The molecule has 0 heterocycles. The molecule has 0 aliphatic carbocycles. The number of ether oxygens (including phenoxy) is 1. The molecule has 0 spiro atoms. The summed E-state index contributed by atoms with van der Waals surface area (Å²) in [5.41, 5.74) is 1.30. The first-order valence-electron chi connectivity index (χ1n) is 8.34. The zero-order chi connectivity index (χ0) is 20.7. The van der Waals surface area contributed by atoms with Crippen LogP contribution in [0.5, 0.6) is 0 Å². The highest BCUT2D eigenvalue weighted by Gasteiger charge is 2.28. The first-order chi connectivity index (χ1) is 13.2. The fourth-order valence-corrected chi connectivity index (χ4v) is 3.09. The van der Waals surface area contributed by atoms with Crippen LogP contribution in [0, 0.1) is 0 Å². The zero-order valence-corrected chi connectivity index (χ0v) is 15.9. The molecule has 150 valence electrons. The van der Waals surface area contributed by atoms with Crippen molar-refractivity contribution < 1.29 is 33.0 Å². The van der Waals surface area contributed by atoms with Crippen LogP contribution in [-0.2, 0) is 32.4 Å². The predicted octanol–water partition coefficient (Wildman–Crippen LogP) is 1.37. The second-order valence-corrected chi connectivity index (χ2v) is 8.23. The van der Waals surface area contributed by atoms with Gasteiger partial charge in [-0.3, -0.25) is 0 Å². The van der Waals surface area contributed by atoms with E-state index in [-0.39, 0.29) is 17.9 Å². The van der Waals surface area contributed by atoms with Crippen molar-refractivity contribution >= 4 is 21.9 Å². The standard InChI is InChI=1S/C19H21NO7S/c1-28(25,26)15-9-7-13(8-10-15)11-16(17(21)18(22)23)20-19(24)27-12-14-5-3-2-4-6-14/h2-10,16-17,21H,11-12H2,1H3,(H,20,24)(H,22,23). The van der Waals surface area contributed by atoms with Crippen LogP contribution < -0.4 is 5.32 Å². The number of nitrogens with one attached hydrogen (secondary N) is 1. The van der Waals surface area contributed by atoms with Gasteiger partial charge in [-0.15, -0.1) is 0 Å². The van der Waals surface area contributed by atoms with Crippen molar-refractivity contribution in [2.24, 2.45) is 0 Å². The van der Waals surface area contributed by atoms with Crippen molar-refractivity contribution in [3.05, 3.63) is 65.7 Å². The van der Waals surface area contributed by atoms with Crippen LogP contribution in [0.15, 0.2) is 59.5 Å². The molecule has 0 saturated heterocycles. The average molecular weight is 407 g/mol. The molecule has 2 atom stereocenters. The van der Waals surface area contributed by atoms with Gasteiger partial charge in [-0.25, -0.2) is 18.0 Å². The fourth-order valence-electron chi connectivity index (χ4n) is 2.46. The number of amides is 1. The maximum absolute atomic E-state index is 12.0. The summed E-state index contributed by atoms with van der Waals surface area (Å²) in [4.78, 5) is 23.3. The minimum Gasteiger partial charge on any atom is -0.479 e. The summed E-state index contributed by atoms with van der Waals surface area (Å²) in [5, 5.41) is 21.3. The number of hydrogen-bond acceptors (Lipinski definition) is 6. The molecule has 28 heavy (non-hydrogen) atoms. The molecular weight excluding hydrogens is 386 g/mol. The Morgan fingerprint density at radius 3 is 2.18 bits per heavy atom. The number of alkyl carbamates (subject to hydrolysis) is 1. The summed E-state index contributed by atoms with van der Waals surface area (Å²) in [6.07, 6.45) is -1.69. The van der Waals surface area contributed by atoms with Gasteiger partial charge in [-0.1, -0.05) is 42.5 Å². The van der Waals surface area contributed by atoms with Gasteiger partial charge in [0.15, 0.2) is 15.9 Å². The Kier molecular flexibility index (Phi) is 7.13. The van der Waals surface area contributed by atoms with Crippen LogP contribution in [-0.4, -0.2) is 49.1 Å². The van der Waals surface area contributed by atoms with E-state index < -0.39 is 34.0 Å². The molecule has 0 radical (unpaired) electrons. The quantitative estimate of drug-likeness (QED) is 0.602. The molecule has 0 aliphatic heterocycles. The summed E-state index contributed by atoms with van der Waals surface area (Å²) in [7, 11) is -3.36. The molecule has 2 unspecified atom stereocenters. The van der Waals surface area contributed by atoms with Gasteiger partial charge in [0.25, 0.3) is 0 Å². The van der Waals surface area contributed by atoms with Crippen molar-refractivity contribution in [3.8, 4) is 0 Å². The van der Waals surface area contributed by atoms with E-state index >= 15 is 0 Å². The lowest BCUT2D eigenvalue weighted by Gasteiger charge is -2.21. The highest BCUT2D eigenvalue weighted by Crippen LogP contribution is 2.13. The molecule has 3 N–H and O–H groups in total. The highest BCUT2D eigenvalue weighted by molar-refractivity contribution is 7.90. The Bertz CT molecular complexity index is 911. The monoisotopic (exact) mass is 407 g/mol. The van der Waals surface area contributed by atoms with E-state index in [1.165, 1.54) is 24.3 Å². The lowest BCUT2D eigenvalue weighted by Crippen LogP contribution is -2.48. The summed E-state index contributed by atoms with van der Waals surface area (Å²) in [6, 6.07) is 13.5. The molecule has 0 fully saturated rings. The Morgan fingerprint density at radius 2 is 1.64 bits per heavy atom. The van der Waals surface area contributed by atoms with Crippen LogP contribution in [0.3, 0.4) is 0 Å². The molecular formula is C19H21NO7S. The SMILES string of the molecule is CS(=O)(=O)c1ccc(CC(NC(=O)OCc2ccccc2)C(O)C(=O)O)cc1. The lowest BCUT2D eigenvalue weighted by atomic mass is 10.0. The molecule has 0 aliphatic rings. The molecule has 8 nitrogen and oxygen atoms in total. The van der Waals surface area contributed by atoms with Gasteiger partial charge in [-0.05, 0) is 29.7 Å². The maximum atomic E-state index is 12.0. The van der Waals surface area contributed by atoms with Gasteiger partial charge < -0.3 is 20.3 Å². The number of carbonyl (C=O) groups is 2. The summed E-state index contributed by atoms with van der Waals surface area (Å²) in [6.45, 7) is -0.00832. The van der Waals surface area contributed by atoms with Crippen LogP contribution in [0.25, 0.3) is 0 Å². The van der Waals surface area contributed by atoms with E-state index in [0.29, 0.717) is 5.56 Å². The van der Waals surface area contributed by atoms with Crippen molar-refractivity contribution in [1.29, 1.82) is 0 Å². The summed E-state index contributed by atoms with van der Waals surface area (Å²) in [5.74, 6) is -1.50. The zero-order valence-electron chi connectivity index (χ0n) is 15.1. The van der Waals surface area contributed by atoms with Crippen LogP contribution >= 0.6 is 0 Å². The van der Waals surface area contributed by atoms with E-state index in [0.717, 1.165) is 11.8 Å². The molecule has 2 aromatic rings. The van der Waals surface area contributed by atoms with E-state index in [1.54, 1.807) is 24.3 Å². The molecule has 0 aromatic heterocycles. The van der Waals surface area contributed by atoms with Gasteiger partial charge in [0.2, 0.25) is 0 Å². The second kappa shape index (κ2) is 9.34. The number of sulfone groups is 1. The molecule has 2 rings (SSSR count).